The van der Waals surface area contributed by atoms with Gasteiger partial charge in [0.1, 0.15) is 0 Å². The topological polar surface area (TPSA) is 77.5 Å². The van der Waals surface area contributed by atoms with Crippen molar-refractivity contribution in [3.63, 3.8) is 0 Å². The van der Waals surface area contributed by atoms with Gasteiger partial charge in [-0.05, 0) is 25.7 Å². The lowest BCUT2D eigenvalue weighted by atomic mass is 10.0. The lowest BCUT2D eigenvalue weighted by Crippen LogP contribution is -2.46. The van der Waals surface area contributed by atoms with E-state index in [1.165, 1.54) is 30.6 Å². The predicted molar refractivity (Wildman–Crippen MR) is 87.4 cm³/mol. The molecule has 0 bridgehead atoms. The number of likely N-dealkylation sites (N-methyl/N-ethyl adjacent to an activating group) is 1. The highest BCUT2D eigenvalue weighted by Crippen LogP contribution is 2.28. The van der Waals surface area contributed by atoms with E-state index < -0.39 is 6.10 Å². The van der Waals surface area contributed by atoms with E-state index in [4.69, 9.17) is 0 Å². The standard InChI is InChI=1S/C15H24N4O2S/c1-19(11-8-16-9-12(11)20)15(21)18-14-17-10-6-4-2-3-5-7-13(10)22-14/h11-12,16,20H,2-9H2,1H3,(H,17,18,21)/t11-,12-/m0/s1. The molecule has 122 valence electrons. The predicted octanol–water partition coefficient (Wildman–Crippen LogP) is 1.60. The molecule has 0 aromatic carbocycles. The fourth-order valence-electron chi connectivity index (χ4n) is 3.14. The number of amides is 2. The van der Waals surface area contributed by atoms with Gasteiger partial charge in [0.05, 0.1) is 17.8 Å². The molecule has 0 radical (unpaired) electrons. The normalized spacial score (nSPS) is 25.2. The Bertz CT molecular complexity index is 508. The Balaban J connectivity index is 1.65. The van der Waals surface area contributed by atoms with E-state index >= 15 is 0 Å². The summed E-state index contributed by atoms with van der Waals surface area (Å²) in [6.07, 6.45) is 6.54. The number of aliphatic hydroxyl groups excluding tert-OH is 1. The van der Waals surface area contributed by atoms with Gasteiger partial charge in [-0.15, -0.1) is 11.3 Å². The maximum atomic E-state index is 12.3. The molecular weight excluding hydrogens is 300 g/mol. The van der Waals surface area contributed by atoms with Crippen LogP contribution in [0.3, 0.4) is 0 Å². The monoisotopic (exact) mass is 324 g/mol. The van der Waals surface area contributed by atoms with Crippen molar-refractivity contribution in [3.05, 3.63) is 10.6 Å². The molecule has 6 nitrogen and oxygen atoms in total. The third-order valence-corrected chi connectivity index (χ3v) is 5.60. The highest BCUT2D eigenvalue weighted by atomic mass is 32.1. The van der Waals surface area contributed by atoms with Crippen molar-refractivity contribution in [2.45, 2.75) is 50.7 Å². The maximum absolute atomic E-state index is 12.3. The van der Waals surface area contributed by atoms with Gasteiger partial charge >= 0.3 is 6.03 Å². The minimum Gasteiger partial charge on any atom is -0.390 e. The Kier molecular flexibility index (Phi) is 4.95. The number of carbonyl (C=O) groups is 1. The van der Waals surface area contributed by atoms with Crippen molar-refractivity contribution in [1.82, 2.24) is 15.2 Å². The van der Waals surface area contributed by atoms with Gasteiger partial charge in [-0.25, -0.2) is 9.78 Å². The Morgan fingerprint density at radius 1 is 1.32 bits per heavy atom. The van der Waals surface area contributed by atoms with Crippen LogP contribution in [-0.2, 0) is 12.8 Å². The molecule has 22 heavy (non-hydrogen) atoms. The lowest BCUT2D eigenvalue weighted by Gasteiger charge is -2.26. The summed E-state index contributed by atoms with van der Waals surface area (Å²) in [5.74, 6) is 0. The zero-order valence-corrected chi connectivity index (χ0v) is 13.8. The van der Waals surface area contributed by atoms with Crippen LogP contribution in [0.1, 0.15) is 36.3 Å². The van der Waals surface area contributed by atoms with E-state index in [-0.39, 0.29) is 12.1 Å². The van der Waals surface area contributed by atoms with Gasteiger partial charge in [0.15, 0.2) is 5.13 Å². The average Bonchev–Trinajstić information content (AvgIpc) is 3.05. The third-order valence-electron chi connectivity index (χ3n) is 4.53. The van der Waals surface area contributed by atoms with E-state index in [1.807, 2.05) is 0 Å². The summed E-state index contributed by atoms with van der Waals surface area (Å²) in [7, 11) is 1.72. The zero-order chi connectivity index (χ0) is 15.5. The maximum Gasteiger partial charge on any atom is 0.323 e. The Labute approximate surface area is 134 Å². The van der Waals surface area contributed by atoms with Crippen LogP contribution < -0.4 is 10.6 Å². The highest BCUT2D eigenvalue weighted by molar-refractivity contribution is 7.15. The Hall–Kier alpha value is -1.18. The first kappa shape index (κ1) is 15.7. The largest absolute Gasteiger partial charge is 0.390 e. The third kappa shape index (κ3) is 3.42. The molecule has 0 unspecified atom stereocenters. The highest BCUT2D eigenvalue weighted by Gasteiger charge is 2.31. The minimum absolute atomic E-state index is 0.180. The molecule has 2 aliphatic rings. The van der Waals surface area contributed by atoms with E-state index in [1.54, 1.807) is 23.3 Å². The molecule has 0 saturated carbocycles. The van der Waals surface area contributed by atoms with Crippen molar-refractivity contribution in [2.75, 3.05) is 25.5 Å². The van der Waals surface area contributed by atoms with Crippen molar-refractivity contribution >= 4 is 22.5 Å². The second kappa shape index (κ2) is 6.93. The van der Waals surface area contributed by atoms with Gasteiger partial charge in [0.25, 0.3) is 0 Å². The molecule has 1 aliphatic heterocycles. The molecule has 7 heteroatoms. The van der Waals surface area contributed by atoms with Gasteiger partial charge in [-0.2, -0.15) is 0 Å². The number of hydrogen-bond donors (Lipinski definition) is 3. The second-order valence-corrected chi connectivity index (χ2v) is 7.22. The lowest BCUT2D eigenvalue weighted by molar-refractivity contribution is 0.115. The van der Waals surface area contributed by atoms with Crippen molar-refractivity contribution in [2.24, 2.45) is 0 Å². The summed E-state index contributed by atoms with van der Waals surface area (Å²) in [6.45, 7) is 1.16. The Morgan fingerprint density at radius 2 is 2.09 bits per heavy atom. The van der Waals surface area contributed by atoms with Gasteiger partial charge in [0.2, 0.25) is 0 Å². The summed E-state index contributed by atoms with van der Waals surface area (Å²) >= 11 is 1.60. The van der Waals surface area contributed by atoms with Crippen molar-refractivity contribution in [3.8, 4) is 0 Å². The van der Waals surface area contributed by atoms with Crippen LogP contribution in [0.2, 0.25) is 0 Å². The van der Waals surface area contributed by atoms with Gasteiger partial charge < -0.3 is 15.3 Å². The van der Waals surface area contributed by atoms with Crippen LogP contribution in [-0.4, -0.2) is 53.3 Å². The number of urea groups is 1. The fourth-order valence-corrected chi connectivity index (χ4v) is 4.17. The first-order valence-electron chi connectivity index (χ1n) is 8.06. The van der Waals surface area contributed by atoms with Crippen LogP contribution in [0.4, 0.5) is 9.93 Å². The van der Waals surface area contributed by atoms with Crippen LogP contribution in [0, 0.1) is 0 Å². The van der Waals surface area contributed by atoms with E-state index in [0.717, 1.165) is 18.5 Å². The zero-order valence-electron chi connectivity index (χ0n) is 13.0. The molecule has 2 atom stereocenters. The number of rotatable bonds is 2. The number of fused-ring (bicyclic) bond motifs is 1. The van der Waals surface area contributed by atoms with Crippen molar-refractivity contribution < 1.29 is 9.90 Å². The van der Waals surface area contributed by atoms with E-state index in [9.17, 15) is 9.90 Å². The number of aryl methyl sites for hydroxylation is 2. The summed E-state index contributed by atoms with van der Waals surface area (Å²) < 4.78 is 0. The number of carbonyl (C=O) groups excluding carboxylic acids is 1. The van der Waals surface area contributed by atoms with E-state index in [2.05, 4.69) is 15.6 Å². The summed E-state index contributed by atoms with van der Waals surface area (Å²) in [5.41, 5.74) is 1.16. The average molecular weight is 324 g/mol. The second-order valence-electron chi connectivity index (χ2n) is 6.14. The van der Waals surface area contributed by atoms with Crippen LogP contribution in [0.25, 0.3) is 0 Å². The summed E-state index contributed by atoms with van der Waals surface area (Å²) in [6, 6.07) is -0.379. The van der Waals surface area contributed by atoms with Crippen molar-refractivity contribution in [1.29, 1.82) is 0 Å². The quantitative estimate of drug-likeness (QED) is 0.772. The van der Waals surface area contributed by atoms with Crippen LogP contribution in [0.5, 0.6) is 0 Å². The molecule has 1 aliphatic carbocycles. The molecule has 2 heterocycles. The van der Waals surface area contributed by atoms with Gasteiger partial charge in [-0.1, -0.05) is 12.8 Å². The first-order chi connectivity index (χ1) is 10.6. The van der Waals surface area contributed by atoms with Crippen LogP contribution >= 0.6 is 11.3 Å². The smallest absolute Gasteiger partial charge is 0.323 e. The summed E-state index contributed by atoms with van der Waals surface area (Å²) in [5, 5.41) is 16.5. The molecule has 2 amide bonds. The number of aromatic nitrogens is 1. The minimum atomic E-state index is -0.507. The molecule has 3 rings (SSSR count). The molecule has 1 aromatic rings. The molecular formula is C15H24N4O2S. The SMILES string of the molecule is CN(C(=O)Nc1nc2c(s1)CCCCCC2)[C@H]1CNC[C@@H]1O. The number of nitrogens with one attached hydrogen (secondary N) is 2. The number of hydrogen-bond acceptors (Lipinski definition) is 5. The number of β-amino-alcohol motifs (C(OH)–C–C–N with tert-alkyl or cyclic N) is 1. The molecule has 3 N–H and O–H groups in total. The fraction of sp³-hybridized carbons (Fsp3) is 0.733. The van der Waals surface area contributed by atoms with Gasteiger partial charge in [0, 0.05) is 25.0 Å². The molecule has 1 aromatic heterocycles. The number of aliphatic hydroxyl groups is 1. The molecule has 0 spiro atoms. The number of nitrogens with zero attached hydrogens (tertiary/aromatic N) is 2. The Morgan fingerprint density at radius 3 is 2.82 bits per heavy atom. The van der Waals surface area contributed by atoms with Gasteiger partial charge in [-0.3, -0.25) is 5.32 Å². The number of thiazole rings is 1. The van der Waals surface area contributed by atoms with E-state index in [0.29, 0.717) is 18.2 Å². The first-order valence-corrected chi connectivity index (χ1v) is 8.88. The van der Waals surface area contributed by atoms with Crippen LogP contribution in [0.15, 0.2) is 0 Å². The number of anilines is 1. The molecule has 1 saturated heterocycles. The molecule has 1 fully saturated rings. The summed E-state index contributed by atoms with van der Waals surface area (Å²) in [4.78, 5) is 19.8.